The van der Waals surface area contributed by atoms with Gasteiger partial charge in [-0.15, -0.1) is 5.10 Å². The highest BCUT2D eigenvalue weighted by molar-refractivity contribution is 5.95. The lowest BCUT2D eigenvalue weighted by atomic mass is 10.1. The number of fused-ring (bicyclic) bond motifs is 1. The van der Waals surface area contributed by atoms with Crippen molar-refractivity contribution in [1.82, 2.24) is 35.0 Å². The maximum absolute atomic E-state index is 14.6. The third-order valence-corrected chi connectivity index (χ3v) is 6.72. The van der Waals surface area contributed by atoms with Crippen molar-refractivity contribution in [3.8, 4) is 22.8 Å². The predicted octanol–water partition coefficient (Wildman–Crippen LogP) is 2.09. The highest BCUT2D eigenvalue weighted by Crippen LogP contribution is 2.30. The van der Waals surface area contributed by atoms with Gasteiger partial charge in [-0.2, -0.15) is 5.10 Å². The van der Waals surface area contributed by atoms with Crippen molar-refractivity contribution >= 4 is 16.8 Å². The Balaban J connectivity index is 1.14. The van der Waals surface area contributed by atoms with Gasteiger partial charge in [-0.05, 0) is 30.3 Å². The number of carbonyl (C=O) groups is 1. The Morgan fingerprint density at radius 2 is 2.05 bits per heavy atom. The van der Waals surface area contributed by atoms with Crippen molar-refractivity contribution in [3.63, 3.8) is 0 Å². The van der Waals surface area contributed by atoms with Gasteiger partial charge in [0.1, 0.15) is 18.0 Å². The Bertz CT molecular complexity index is 1410. The number of methoxy groups -OCH3 is 1. The molecular formula is C25H26FN7O4. The molecule has 2 aliphatic rings. The Morgan fingerprint density at radius 1 is 1.22 bits per heavy atom. The first kappa shape index (κ1) is 23.5. The van der Waals surface area contributed by atoms with Gasteiger partial charge in [-0.1, -0.05) is 5.21 Å². The number of nitrogens with zero attached hydrogens (tertiary/aromatic N) is 6. The summed E-state index contributed by atoms with van der Waals surface area (Å²) >= 11 is 0. The summed E-state index contributed by atoms with van der Waals surface area (Å²) in [6.45, 7) is 4.37. The van der Waals surface area contributed by atoms with Gasteiger partial charge in [0.15, 0.2) is 11.6 Å². The Labute approximate surface area is 211 Å². The summed E-state index contributed by atoms with van der Waals surface area (Å²) < 4.78 is 32.0. The standard InChI is InChI=1S/C25H26FN7O4/c1-35-8-9-37-23-11-21-19(10-20(23)26)24(29-27-21)22-14-33(30-28-22)17-4-2-16(3-5-17)25(34)32-12-18(13-32)31-6-7-36-15-31/h2-5,10-11,14,18H,6-9,12-13,15H2,1H3,(H,27,29). The van der Waals surface area contributed by atoms with Gasteiger partial charge in [0.2, 0.25) is 0 Å². The summed E-state index contributed by atoms with van der Waals surface area (Å²) in [5, 5.41) is 16.2. The van der Waals surface area contributed by atoms with Gasteiger partial charge in [0, 0.05) is 49.8 Å². The zero-order chi connectivity index (χ0) is 25.4. The number of hydrogen-bond donors (Lipinski definition) is 1. The summed E-state index contributed by atoms with van der Waals surface area (Å²) in [4.78, 5) is 16.9. The molecule has 6 rings (SSSR count). The third-order valence-electron chi connectivity index (χ3n) is 6.72. The van der Waals surface area contributed by atoms with Crippen LogP contribution in [-0.2, 0) is 9.47 Å². The molecule has 1 N–H and O–H groups in total. The fraction of sp³-hybridized carbons (Fsp3) is 0.360. The molecule has 2 aromatic heterocycles. The summed E-state index contributed by atoms with van der Waals surface area (Å²) in [6.07, 6.45) is 1.71. The number of aromatic amines is 1. The topological polar surface area (TPSA) is 111 Å². The van der Waals surface area contributed by atoms with Crippen LogP contribution in [0.25, 0.3) is 28.0 Å². The van der Waals surface area contributed by atoms with Crippen LogP contribution >= 0.6 is 0 Å². The smallest absolute Gasteiger partial charge is 0.253 e. The van der Waals surface area contributed by atoms with Crippen molar-refractivity contribution < 1.29 is 23.4 Å². The van der Waals surface area contributed by atoms with Gasteiger partial charge in [0.05, 0.1) is 37.3 Å². The number of H-pyrrole nitrogens is 1. The number of hydrogen-bond acceptors (Lipinski definition) is 8. The van der Waals surface area contributed by atoms with Crippen molar-refractivity contribution in [2.24, 2.45) is 0 Å². The molecular weight excluding hydrogens is 481 g/mol. The van der Waals surface area contributed by atoms with E-state index < -0.39 is 5.82 Å². The first-order chi connectivity index (χ1) is 18.1. The average molecular weight is 508 g/mol. The van der Waals surface area contributed by atoms with E-state index in [4.69, 9.17) is 14.2 Å². The number of ether oxygens (including phenoxy) is 3. The maximum atomic E-state index is 14.6. The lowest BCUT2D eigenvalue weighted by Crippen LogP contribution is -2.60. The van der Waals surface area contributed by atoms with E-state index in [2.05, 4.69) is 25.4 Å². The van der Waals surface area contributed by atoms with Crippen molar-refractivity contribution in [3.05, 3.63) is 54.0 Å². The minimum Gasteiger partial charge on any atom is -0.488 e. The van der Waals surface area contributed by atoms with E-state index in [1.807, 2.05) is 17.0 Å². The molecule has 1 amide bonds. The van der Waals surface area contributed by atoms with Gasteiger partial charge in [-0.25, -0.2) is 9.07 Å². The number of amides is 1. The molecule has 2 saturated heterocycles. The number of halogens is 1. The largest absolute Gasteiger partial charge is 0.488 e. The van der Waals surface area contributed by atoms with Crippen LogP contribution in [0.3, 0.4) is 0 Å². The fourth-order valence-corrected chi connectivity index (χ4v) is 4.57. The number of aromatic nitrogens is 5. The molecule has 4 heterocycles. The molecule has 11 nitrogen and oxygen atoms in total. The summed E-state index contributed by atoms with van der Waals surface area (Å²) in [5.74, 6) is -0.365. The first-order valence-corrected chi connectivity index (χ1v) is 12.0. The normalized spacial score (nSPS) is 16.4. The molecule has 2 aromatic carbocycles. The maximum Gasteiger partial charge on any atom is 0.253 e. The van der Waals surface area contributed by atoms with Crippen molar-refractivity contribution in [2.75, 3.05) is 53.3 Å². The van der Waals surface area contributed by atoms with E-state index in [0.717, 1.165) is 31.9 Å². The van der Waals surface area contributed by atoms with E-state index in [-0.39, 0.29) is 18.3 Å². The van der Waals surface area contributed by atoms with Crippen LogP contribution in [0.1, 0.15) is 10.4 Å². The zero-order valence-electron chi connectivity index (χ0n) is 20.3. The van der Waals surface area contributed by atoms with Crippen LogP contribution in [0.15, 0.2) is 42.6 Å². The second-order valence-corrected chi connectivity index (χ2v) is 9.05. The Morgan fingerprint density at radius 3 is 2.81 bits per heavy atom. The molecule has 0 radical (unpaired) electrons. The number of rotatable bonds is 8. The summed E-state index contributed by atoms with van der Waals surface area (Å²) in [5.41, 5.74) is 2.94. The van der Waals surface area contributed by atoms with Crippen LogP contribution in [0, 0.1) is 5.82 Å². The van der Waals surface area contributed by atoms with E-state index in [1.165, 1.54) is 6.07 Å². The third kappa shape index (κ3) is 4.54. The molecule has 192 valence electrons. The number of benzene rings is 2. The molecule has 0 aliphatic carbocycles. The molecule has 2 aliphatic heterocycles. The molecule has 2 fully saturated rings. The van der Waals surface area contributed by atoms with Crippen molar-refractivity contribution in [1.29, 1.82) is 0 Å². The number of likely N-dealkylation sites (tertiary alicyclic amines) is 1. The average Bonchev–Trinajstić information content (AvgIpc) is 3.65. The molecule has 12 heteroatoms. The van der Waals surface area contributed by atoms with E-state index in [9.17, 15) is 9.18 Å². The van der Waals surface area contributed by atoms with E-state index in [1.54, 1.807) is 36.2 Å². The lowest BCUT2D eigenvalue weighted by molar-refractivity contribution is 0.0184. The molecule has 0 atom stereocenters. The van der Waals surface area contributed by atoms with Gasteiger partial charge in [0.25, 0.3) is 5.91 Å². The summed E-state index contributed by atoms with van der Waals surface area (Å²) in [7, 11) is 1.55. The second kappa shape index (κ2) is 9.88. The summed E-state index contributed by atoms with van der Waals surface area (Å²) in [6, 6.07) is 10.5. The SMILES string of the molecule is COCCOc1cc2[nH]nc(-c3cn(-c4ccc(C(=O)N5CC(N6CCOC6)C5)cc4)nn3)c2cc1F. The first-order valence-electron chi connectivity index (χ1n) is 12.0. The molecule has 4 aromatic rings. The highest BCUT2D eigenvalue weighted by Gasteiger charge is 2.36. The minimum atomic E-state index is -0.499. The Hall–Kier alpha value is -3.87. The Kier molecular flexibility index (Phi) is 6.28. The predicted molar refractivity (Wildman–Crippen MR) is 131 cm³/mol. The zero-order valence-corrected chi connectivity index (χ0v) is 20.3. The molecule has 0 spiro atoms. The highest BCUT2D eigenvalue weighted by atomic mass is 19.1. The minimum absolute atomic E-state index is 0.0118. The van der Waals surface area contributed by atoms with E-state index in [0.29, 0.717) is 47.2 Å². The van der Waals surface area contributed by atoms with Crippen LogP contribution in [-0.4, -0.2) is 100 Å². The van der Waals surface area contributed by atoms with Crippen molar-refractivity contribution in [2.45, 2.75) is 6.04 Å². The molecule has 0 unspecified atom stereocenters. The quantitative estimate of drug-likeness (QED) is 0.361. The number of nitrogens with one attached hydrogen (secondary N) is 1. The molecule has 37 heavy (non-hydrogen) atoms. The van der Waals surface area contributed by atoms with Gasteiger partial charge < -0.3 is 19.1 Å². The van der Waals surface area contributed by atoms with Crippen LogP contribution < -0.4 is 4.74 Å². The van der Waals surface area contributed by atoms with Crippen LogP contribution in [0.4, 0.5) is 4.39 Å². The number of carbonyl (C=O) groups excluding carboxylic acids is 1. The molecule has 0 bridgehead atoms. The van der Waals surface area contributed by atoms with Gasteiger partial charge in [-0.3, -0.25) is 14.8 Å². The lowest BCUT2D eigenvalue weighted by Gasteiger charge is -2.43. The molecule has 0 saturated carbocycles. The monoisotopic (exact) mass is 507 g/mol. The van der Waals surface area contributed by atoms with Crippen LogP contribution in [0.5, 0.6) is 5.75 Å². The van der Waals surface area contributed by atoms with Gasteiger partial charge >= 0.3 is 0 Å². The van der Waals surface area contributed by atoms with E-state index >= 15 is 0 Å². The second-order valence-electron chi connectivity index (χ2n) is 9.05. The fourth-order valence-electron chi connectivity index (χ4n) is 4.57. The van der Waals surface area contributed by atoms with Crippen LogP contribution in [0.2, 0.25) is 0 Å².